The standard InChI is InChI=1S/C6H12ClO4P/c1-3-5(6(8)9)12(7,10)11-4-2/h5H,3-4H2,1-2H3,(H,8,9). The van der Waals surface area contributed by atoms with Crippen molar-refractivity contribution < 1.29 is 19.0 Å². The van der Waals surface area contributed by atoms with Crippen LogP contribution in [0, 0.1) is 0 Å². The molecular formula is C6H12ClO4P. The van der Waals surface area contributed by atoms with Crippen molar-refractivity contribution in [3.8, 4) is 0 Å². The van der Waals surface area contributed by atoms with Crippen LogP contribution in [0.5, 0.6) is 0 Å². The van der Waals surface area contributed by atoms with Gasteiger partial charge in [-0.2, -0.15) is 0 Å². The lowest BCUT2D eigenvalue weighted by Crippen LogP contribution is -2.18. The van der Waals surface area contributed by atoms with Gasteiger partial charge in [-0.3, -0.25) is 9.36 Å². The van der Waals surface area contributed by atoms with Gasteiger partial charge in [-0.05, 0) is 24.6 Å². The minimum Gasteiger partial charge on any atom is -0.481 e. The summed E-state index contributed by atoms with van der Waals surface area (Å²) in [7, 11) is 0. The van der Waals surface area contributed by atoms with Gasteiger partial charge in [0, 0.05) is 0 Å². The van der Waals surface area contributed by atoms with Gasteiger partial charge in [0.15, 0.2) is 0 Å². The van der Waals surface area contributed by atoms with Gasteiger partial charge in [0.1, 0.15) is 5.66 Å². The maximum atomic E-state index is 11.3. The molecule has 4 nitrogen and oxygen atoms in total. The highest BCUT2D eigenvalue weighted by atomic mass is 35.7. The summed E-state index contributed by atoms with van der Waals surface area (Å²) >= 11 is 5.45. The number of rotatable bonds is 5. The number of halogens is 1. The monoisotopic (exact) mass is 214 g/mol. The fraction of sp³-hybridized carbons (Fsp3) is 0.833. The first-order chi connectivity index (χ1) is 5.45. The molecule has 0 fully saturated rings. The minimum atomic E-state index is -3.49. The zero-order valence-corrected chi connectivity index (χ0v) is 8.64. The van der Waals surface area contributed by atoms with Gasteiger partial charge in [-0.25, -0.2) is 0 Å². The first-order valence-corrected chi connectivity index (χ1v) is 6.22. The van der Waals surface area contributed by atoms with Crippen LogP contribution in [-0.2, 0) is 13.9 Å². The highest BCUT2D eigenvalue weighted by Gasteiger charge is 2.36. The summed E-state index contributed by atoms with van der Waals surface area (Å²) in [5, 5.41) is 8.60. The number of aliphatic carboxylic acids is 1. The van der Waals surface area contributed by atoms with Crippen LogP contribution in [0.4, 0.5) is 0 Å². The average molecular weight is 215 g/mol. The molecule has 72 valence electrons. The van der Waals surface area contributed by atoms with E-state index in [-0.39, 0.29) is 13.0 Å². The zero-order chi connectivity index (χ0) is 9.78. The van der Waals surface area contributed by atoms with Crippen LogP contribution in [0.15, 0.2) is 0 Å². The summed E-state index contributed by atoms with van der Waals surface area (Å²) in [5.41, 5.74) is -1.10. The van der Waals surface area contributed by atoms with Crippen LogP contribution in [0.3, 0.4) is 0 Å². The fourth-order valence-corrected chi connectivity index (χ4v) is 2.98. The van der Waals surface area contributed by atoms with E-state index < -0.39 is 18.3 Å². The second-order valence-electron chi connectivity index (χ2n) is 2.20. The zero-order valence-electron chi connectivity index (χ0n) is 6.99. The largest absolute Gasteiger partial charge is 0.481 e. The third kappa shape index (κ3) is 3.13. The number of carbonyl (C=O) groups is 1. The van der Waals surface area contributed by atoms with E-state index in [1.165, 1.54) is 0 Å². The van der Waals surface area contributed by atoms with Gasteiger partial charge in [0.2, 0.25) is 0 Å². The molecule has 0 bridgehead atoms. The first kappa shape index (κ1) is 11.9. The number of hydrogen-bond acceptors (Lipinski definition) is 3. The van der Waals surface area contributed by atoms with E-state index in [2.05, 4.69) is 4.52 Å². The quantitative estimate of drug-likeness (QED) is 0.714. The summed E-state index contributed by atoms with van der Waals surface area (Å²) in [4.78, 5) is 10.5. The Bertz CT molecular complexity index is 206. The van der Waals surface area contributed by atoms with Crippen LogP contribution < -0.4 is 0 Å². The van der Waals surface area contributed by atoms with E-state index in [9.17, 15) is 9.36 Å². The number of carboxylic acid groups (broad SMARTS) is 1. The maximum absolute atomic E-state index is 11.3. The molecule has 0 aliphatic heterocycles. The van der Waals surface area contributed by atoms with Crippen molar-refractivity contribution in [1.82, 2.24) is 0 Å². The molecule has 0 spiro atoms. The fourth-order valence-electron chi connectivity index (χ4n) is 0.791. The molecule has 0 aliphatic carbocycles. The van der Waals surface area contributed by atoms with E-state index in [4.69, 9.17) is 16.3 Å². The molecule has 0 aromatic carbocycles. The van der Waals surface area contributed by atoms with E-state index in [1.54, 1.807) is 13.8 Å². The molecule has 0 aromatic heterocycles. The predicted octanol–water partition coefficient (Wildman–Crippen LogP) is 2.32. The lowest BCUT2D eigenvalue weighted by molar-refractivity contribution is -0.136. The molecule has 0 radical (unpaired) electrons. The molecule has 0 rings (SSSR count). The topological polar surface area (TPSA) is 63.6 Å². The second kappa shape index (κ2) is 4.85. The summed E-state index contributed by atoms with van der Waals surface area (Å²) in [6.07, 6.45) is 0.204. The number of carboxylic acids is 1. The third-order valence-electron chi connectivity index (χ3n) is 1.35. The molecule has 1 N–H and O–H groups in total. The molecule has 0 heterocycles. The summed E-state index contributed by atoms with van der Waals surface area (Å²) in [6, 6.07) is 0. The number of hydrogen-bond donors (Lipinski definition) is 1. The Morgan fingerprint density at radius 3 is 2.42 bits per heavy atom. The molecule has 6 heteroatoms. The highest BCUT2D eigenvalue weighted by molar-refractivity contribution is 7.86. The normalized spacial score (nSPS) is 18.2. The van der Waals surface area contributed by atoms with Crippen molar-refractivity contribution in [2.75, 3.05) is 6.61 Å². The van der Waals surface area contributed by atoms with Gasteiger partial charge in [0.25, 0.3) is 0 Å². The van der Waals surface area contributed by atoms with Crippen molar-refractivity contribution in [1.29, 1.82) is 0 Å². The molecule has 0 amide bonds. The van der Waals surface area contributed by atoms with Crippen molar-refractivity contribution in [2.24, 2.45) is 0 Å². The molecule has 2 unspecified atom stereocenters. The Labute approximate surface area is 76.1 Å². The van der Waals surface area contributed by atoms with E-state index >= 15 is 0 Å². The third-order valence-corrected chi connectivity index (χ3v) is 4.29. The van der Waals surface area contributed by atoms with E-state index in [1.807, 2.05) is 0 Å². The second-order valence-corrected chi connectivity index (χ2v) is 5.54. The summed E-state index contributed by atoms with van der Waals surface area (Å²) in [5.74, 6) is -1.18. The maximum Gasteiger partial charge on any atom is 0.317 e. The van der Waals surface area contributed by atoms with Crippen molar-refractivity contribution in [3.63, 3.8) is 0 Å². The predicted molar refractivity (Wildman–Crippen MR) is 46.8 cm³/mol. The molecule has 0 saturated heterocycles. The smallest absolute Gasteiger partial charge is 0.317 e. The molecule has 0 aromatic rings. The SMILES string of the molecule is CCOP(=O)(Cl)C(CC)C(=O)O. The average Bonchev–Trinajstić information content (AvgIpc) is 1.86. The van der Waals surface area contributed by atoms with Crippen LogP contribution in [0.2, 0.25) is 0 Å². The Morgan fingerprint density at radius 1 is 1.67 bits per heavy atom. The van der Waals surface area contributed by atoms with Gasteiger partial charge in [0.05, 0.1) is 6.61 Å². The Balaban J connectivity index is 4.48. The molecular weight excluding hydrogens is 202 g/mol. The Kier molecular flexibility index (Phi) is 4.83. The van der Waals surface area contributed by atoms with Gasteiger partial charge in [-0.15, -0.1) is 0 Å². The van der Waals surface area contributed by atoms with E-state index in [0.29, 0.717) is 0 Å². The molecule has 0 aliphatic rings. The summed E-state index contributed by atoms with van der Waals surface area (Å²) in [6.45, 7) is -0.110. The van der Waals surface area contributed by atoms with Gasteiger partial charge >= 0.3 is 12.7 Å². The lowest BCUT2D eigenvalue weighted by atomic mass is 10.3. The first-order valence-electron chi connectivity index (χ1n) is 3.62. The van der Waals surface area contributed by atoms with Gasteiger partial charge < -0.3 is 9.63 Å². The highest BCUT2D eigenvalue weighted by Crippen LogP contribution is 2.57. The lowest BCUT2D eigenvalue weighted by Gasteiger charge is -2.15. The van der Waals surface area contributed by atoms with Crippen LogP contribution in [-0.4, -0.2) is 23.3 Å². The van der Waals surface area contributed by atoms with Gasteiger partial charge in [-0.1, -0.05) is 6.92 Å². The van der Waals surface area contributed by atoms with Crippen molar-refractivity contribution in [2.45, 2.75) is 25.9 Å². The molecule has 2 atom stereocenters. The Morgan fingerprint density at radius 2 is 2.17 bits per heavy atom. The Hall–Kier alpha value is -0.0500. The van der Waals surface area contributed by atoms with Crippen LogP contribution >= 0.6 is 18.0 Å². The van der Waals surface area contributed by atoms with Crippen molar-refractivity contribution >= 4 is 23.9 Å². The van der Waals surface area contributed by atoms with Crippen LogP contribution in [0.25, 0.3) is 0 Å². The van der Waals surface area contributed by atoms with Crippen LogP contribution in [0.1, 0.15) is 20.3 Å². The molecule has 0 saturated carbocycles. The summed E-state index contributed by atoms with van der Waals surface area (Å²) < 4.78 is 16.0. The molecule has 12 heavy (non-hydrogen) atoms. The van der Waals surface area contributed by atoms with Crippen molar-refractivity contribution in [3.05, 3.63) is 0 Å². The minimum absolute atomic E-state index is 0.157. The van der Waals surface area contributed by atoms with E-state index in [0.717, 1.165) is 0 Å².